The minimum absolute atomic E-state index is 0.0608. The second-order valence-electron chi connectivity index (χ2n) is 4.69. The zero-order valence-electron chi connectivity index (χ0n) is 10.1. The normalized spacial score (nSPS) is 15.6. The maximum absolute atomic E-state index is 14.0. The highest BCUT2D eigenvalue weighted by Gasteiger charge is 2.24. The van der Waals surface area contributed by atoms with Crippen LogP contribution in [0.2, 0.25) is 0 Å². The fraction of sp³-hybridized carbons (Fsp3) is 0.286. The summed E-state index contributed by atoms with van der Waals surface area (Å²) in [6.07, 6.45) is 3.26. The van der Waals surface area contributed by atoms with Crippen LogP contribution in [0.3, 0.4) is 0 Å². The average molecular weight is 344 g/mol. The van der Waals surface area contributed by atoms with Gasteiger partial charge in [0.05, 0.1) is 10.5 Å². The molecule has 2 aromatic rings. The summed E-state index contributed by atoms with van der Waals surface area (Å²) in [5.41, 5.74) is 7.28. The van der Waals surface area contributed by atoms with E-state index in [1.54, 1.807) is 11.3 Å². The van der Waals surface area contributed by atoms with Crippen LogP contribution in [0.4, 0.5) is 8.78 Å². The second-order valence-corrected chi connectivity index (χ2v) is 6.71. The van der Waals surface area contributed by atoms with Crippen LogP contribution in [0.25, 0.3) is 0 Å². The number of nitrogens with two attached hydrogens (primary N) is 1. The van der Waals surface area contributed by atoms with E-state index in [0.717, 1.165) is 24.1 Å². The van der Waals surface area contributed by atoms with Crippen molar-refractivity contribution in [2.24, 2.45) is 5.73 Å². The Kier molecular flexibility index (Phi) is 3.45. The van der Waals surface area contributed by atoms with Crippen LogP contribution in [-0.2, 0) is 12.8 Å². The van der Waals surface area contributed by atoms with Crippen molar-refractivity contribution < 1.29 is 8.78 Å². The topological polar surface area (TPSA) is 26.0 Å². The fourth-order valence-corrected chi connectivity index (χ4v) is 4.09. The maximum Gasteiger partial charge on any atom is 0.145 e. The molecule has 1 aliphatic carbocycles. The van der Waals surface area contributed by atoms with E-state index < -0.39 is 17.7 Å². The van der Waals surface area contributed by atoms with E-state index in [2.05, 4.69) is 15.9 Å². The monoisotopic (exact) mass is 343 g/mol. The number of hydrogen-bond donors (Lipinski definition) is 1. The van der Waals surface area contributed by atoms with E-state index in [-0.39, 0.29) is 10.0 Å². The minimum Gasteiger partial charge on any atom is -0.319 e. The Morgan fingerprint density at radius 3 is 2.79 bits per heavy atom. The first-order valence-electron chi connectivity index (χ1n) is 6.08. The second kappa shape index (κ2) is 4.96. The van der Waals surface area contributed by atoms with Gasteiger partial charge in [0.15, 0.2) is 0 Å². The Balaban J connectivity index is 2.04. The van der Waals surface area contributed by atoms with Crippen molar-refractivity contribution in [1.82, 2.24) is 0 Å². The third kappa shape index (κ3) is 2.24. The molecule has 1 atom stereocenters. The molecule has 1 aromatic carbocycles. The first-order valence-corrected chi connectivity index (χ1v) is 7.69. The highest BCUT2D eigenvalue weighted by atomic mass is 79.9. The van der Waals surface area contributed by atoms with Gasteiger partial charge in [0.1, 0.15) is 11.6 Å². The standard InChI is InChI=1S/C14H12BrF2NS/c15-8-4-5-9(16)12(13(8)17)14(18)11-6-7-2-1-3-10(7)19-11/h4-6,14H,1-3,18H2. The van der Waals surface area contributed by atoms with Gasteiger partial charge >= 0.3 is 0 Å². The first-order chi connectivity index (χ1) is 9.08. The van der Waals surface area contributed by atoms with Gasteiger partial charge in [0.25, 0.3) is 0 Å². The number of thiophene rings is 1. The SMILES string of the molecule is NC(c1cc2c(s1)CCC2)c1c(F)ccc(Br)c1F. The Bertz CT molecular complexity index is 617. The van der Waals surface area contributed by atoms with Gasteiger partial charge in [-0.05, 0) is 59.0 Å². The maximum atomic E-state index is 14.0. The Hall–Kier alpha value is -0.780. The van der Waals surface area contributed by atoms with Crippen molar-refractivity contribution in [3.05, 3.63) is 55.2 Å². The summed E-state index contributed by atoms with van der Waals surface area (Å²) in [5.74, 6) is -1.21. The largest absolute Gasteiger partial charge is 0.319 e. The van der Waals surface area contributed by atoms with Gasteiger partial charge in [0.2, 0.25) is 0 Å². The predicted molar refractivity (Wildman–Crippen MR) is 76.4 cm³/mol. The van der Waals surface area contributed by atoms with E-state index in [9.17, 15) is 8.78 Å². The van der Waals surface area contributed by atoms with Gasteiger partial charge in [-0.15, -0.1) is 11.3 Å². The first kappa shape index (κ1) is 13.2. The van der Waals surface area contributed by atoms with Gasteiger partial charge < -0.3 is 5.73 Å². The van der Waals surface area contributed by atoms with E-state index in [4.69, 9.17) is 5.73 Å². The summed E-state index contributed by atoms with van der Waals surface area (Å²) in [7, 11) is 0. The molecule has 1 aromatic heterocycles. The molecule has 1 unspecified atom stereocenters. The average Bonchev–Trinajstić information content (AvgIpc) is 2.94. The van der Waals surface area contributed by atoms with Crippen LogP contribution in [0.15, 0.2) is 22.7 Å². The molecule has 0 aliphatic heterocycles. The van der Waals surface area contributed by atoms with Gasteiger partial charge in [-0.1, -0.05) is 0 Å². The molecular weight excluding hydrogens is 332 g/mol. The molecule has 1 heterocycles. The number of hydrogen-bond acceptors (Lipinski definition) is 2. The van der Waals surface area contributed by atoms with Crippen molar-refractivity contribution in [2.75, 3.05) is 0 Å². The van der Waals surface area contributed by atoms with Crippen molar-refractivity contribution in [1.29, 1.82) is 0 Å². The Morgan fingerprint density at radius 2 is 2.05 bits per heavy atom. The van der Waals surface area contributed by atoms with Gasteiger partial charge in [-0.3, -0.25) is 0 Å². The molecule has 0 saturated carbocycles. The molecule has 0 bridgehead atoms. The molecule has 100 valence electrons. The van der Waals surface area contributed by atoms with E-state index >= 15 is 0 Å². The molecule has 2 N–H and O–H groups in total. The van der Waals surface area contributed by atoms with Crippen LogP contribution in [-0.4, -0.2) is 0 Å². The van der Waals surface area contributed by atoms with E-state index in [1.807, 2.05) is 6.07 Å². The van der Waals surface area contributed by atoms with Crippen LogP contribution in [0.5, 0.6) is 0 Å². The van der Waals surface area contributed by atoms with Crippen molar-refractivity contribution >= 4 is 27.3 Å². The minimum atomic E-state index is -0.743. The lowest BCUT2D eigenvalue weighted by Gasteiger charge is -2.13. The lowest BCUT2D eigenvalue weighted by atomic mass is 10.0. The lowest BCUT2D eigenvalue weighted by molar-refractivity contribution is 0.541. The van der Waals surface area contributed by atoms with Crippen molar-refractivity contribution in [3.63, 3.8) is 0 Å². The highest BCUT2D eigenvalue weighted by molar-refractivity contribution is 9.10. The molecule has 0 saturated heterocycles. The quantitative estimate of drug-likeness (QED) is 0.807. The van der Waals surface area contributed by atoms with E-state index in [0.29, 0.717) is 0 Å². The summed E-state index contributed by atoms with van der Waals surface area (Å²) in [5, 5.41) is 0. The molecule has 0 amide bonds. The van der Waals surface area contributed by atoms with Crippen LogP contribution < -0.4 is 5.73 Å². The summed E-state index contributed by atoms with van der Waals surface area (Å²) in [6, 6.07) is 3.85. The predicted octanol–water partition coefficient (Wildman–Crippen LogP) is 4.33. The fourth-order valence-electron chi connectivity index (χ4n) is 2.48. The van der Waals surface area contributed by atoms with E-state index in [1.165, 1.54) is 22.6 Å². The molecule has 1 nitrogen and oxygen atoms in total. The summed E-state index contributed by atoms with van der Waals surface area (Å²) < 4.78 is 28.1. The van der Waals surface area contributed by atoms with Crippen LogP contribution in [0, 0.1) is 11.6 Å². The number of rotatable bonds is 2. The summed E-state index contributed by atoms with van der Waals surface area (Å²) >= 11 is 4.65. The highest BCUT2D eigenvalue weighted by Crippen LogP contribution is 2.37. The molecule has 5 heteroatoms. The molecule has 1 aliphatic rings. The molecule has 0 radical (unpaired) electrons. The third-order valence-electron chi connectivity index (χ3n) is 3.46. The molecular formula is C14H12BrF2NS. The summed E-state index contributed by atoms with van der Waals surface area (Å²) in [4.78, 5) is 2.14. The molecule has 3 rings (SSSR count). The number of halogens is 3. The zero-order valence-corrected chi connectivity index (χ0v) is 12.5. The Morgan fingerprint density at radius 1 is 1.26 bits per heavy atom. The van der Waals surface area contributed by atoms with Crippen molar-refractivity contribution in [3.8, 4) is 0 Å². The lowest BCUT2D eigenvalue weighted by Crippen LogP contribution is -2.14. The number of aryl methyl sites for hydroxylation is 2. The van der Waals surface area contributed by atoms with Gasteiger partial charge in [-0.25, -0.2) is 8.78 Å². The third-order valence-corrected chi connectivity index (χ3v) is 5.40. The Labute approximate surface area is 122 Å². The van der Waals surface area contributed by atoms with Gasteiger partial charge in [0, 0.05) is 15.3 Å². The van der Waals surface area contributed by atoms with Gasteiger partial charge in [-0.2, -0.15) is 0 Å². The molecule has 0 spiro atoms. The molecule has 19 heavy (non-hydrogen) atoms. The number of benzene rings is 1. The smallest absolute Gasteiger partial charge is 0.145 e. The van der Waals surface area contributed by atoms with Crippen molar-refractivity contribution in [2.45, 2.75) is 25.3 Å². The molecule has 0 fully saturated rings. The van der Waals surface area contributed by atoms with Crippen LogP contribution >= 0.6 is 27.3 Å². The van der Waals surface area contributed by atoms with Crippen LogP contribution in [0.1, 0.15) is 33.3 Å². The zero-order chi connectivity index (χ0) is 13.6. The summed E-state index contributed by atoms with van der Waals surface area (Å²) in [6.45, 7) is 0. The number of fused-ring (bicyclic) bond motifs is 1.